The van der Waals surface area contributed by atoms with Crippen molar-refractivity contribution in [2.45, 2.75) is 26.0 Å². The summed E-state index contributed by atoms with van der Waals surface area (Å²) in [7, 11) is 0. The average Bonchev–Trinajstić information content (AvgIpc) is 2.55. The van der Waals surface area contributed by atoms with Gasteiger partial charge in [0.1, 0.15) is 0 Å². The molecule has 1 aliphatic heterocycles. The van der Waals surface area contributed by atoms with Crippen LogP contribution in [0.5, 0.6) is 0 Å². The highest BCUT2D eigenvalue weighted by molar-refractivity contribution is 5.33. The molecule has 0 amide bonds. The van der Waals surface area contributed by atoms with E-state index in [2.05, 4.69) is 11.8 Å². The molecule has 2 heterocycles. The van der Waals surface area contributed by atoms with E-state index in [-0.39, 0.29) is 11.7 Å². The normalized spacial score (nSPS) is 21.7. The number of pyridine rings is 1. The van der Waals surface area contributed by atoms with Crippen LogP contribution in [0.15, 0.2) is 23.1 Å². The molecule has 1 atom stereocenters. The first-order chi connectivity index (χ1) is 8.65. The zero-order chi connectivity index (χ0) is 13.0. The van der Waals surface area contributed by atoms with E-state index in [1.54, 1.807) is 16.8 Å². The van der Waals surface area contributed by atoms with Crippen molar-refractivity contribution in [2.75, 3.05) is 32.0 Å². The van der Waals surface area contributed by atoms with Crippen molar-refractivity contribution in [3.8, 4) is 0 Å². The fourth-order valence-corrected chi connectivity index (χ4v) is 2.26. The third-order valence-electron chi connectivity index (χ3n) is 3.20. The van der Waals surface area contributed by atoms with E-state index in [4.69, 9.17) is 10.5 Å². The van der Waals surface area contributed by atoms with Gasteiger partial charge in [-0.1, -0.05) is 0 Å². The van der Waals surface area contributed by atoms with Crippen LogP contribution >= 0.6 is 0 Å². The fraction of sp³-hybridized carbons (Fsp3) is 0.615. The minimum absolute atomic E-state index is 0.00307. The van der Waals surface area contributed by atoms with Crippen LogP contribution in [0.3, 0.4) is 0 Å². The first-order valence-electron chi connectivity index (χ1n) is 6.45. The molecule has 2 N–H and O–H groups in total. The molecule has 18 heavy (non-hydrogen) atoms. The predicted octanol–water partition coefficient (Wildman–Crippen LogP) is 0.541. The largest absolute Gasteiger partial charge is 0.398 e. The average molecular weight is 251 g/mol. The Morgan fingerprint density at radius 2 is 2.28 bits per heavy atom. The molecule has 0 saturated carbocycles. The Morgan fingerprint density at radius 1 is 1.44 bits per heavy atom. The van der Waals surface area contributed by atoms with Gasteiger partial charge in [-0.2, -0.15) is 0 Å². The number of rotatable bonds is 3. The summed E-state index contributed by atoms with van der Waals surface area (Å²) in [5, 5.41) is 0. The van der Waals surface area contributed by atoms with Gasteiger partial charge >= 0.3 is 0 Å². The maximum absolute atomic E-state index is 11.6. The minimum atomic E-state index is 0.00307. The third kappa shape index (κ3) is 3.58. The van der Waals surface area contributed by atoms with Gasteiger partial charge in [0.25, 0.3) is 5.56 Å². The van der Waals surface area contributed by atoms with Crippen LogP contribution in [0.25, 0.3) is 0 Å². The SMILES string of the molecule is CC1CN(CCn2cc(N)ccc2=O)CCCO1. The van der Waals surface area contributed by atoms with Crippen molar-refractivity contribution in [2.24, 2.45) is 0 Å². The van der Waals surface area contributed by atoms with Crippen molar-refractivity contribution >= 4 is 5.69 Å². The van der Waals surface area contributed by atoms with Gasteiger partial charge in [-0.05, 0) is 19.4 Å². The molecule has 1 aliphatic rings. The van der Waals surface area contributed by atoms with E-state index < -0.39 is 0 Å². The summed E-state index contributed by atoms with van der Waals surface area (Å²) in [6.45, 7) is 6.41. The number of hydrogen-bond acceptors (Lipinski definition) is 4. The van der Waals surface area contributed by atoms with Gasteiger partial charge in [0, 0.05) is 50.7 Å². The predicted molar refractivity (Wildman–Crippen MR) is 71.6 cm³/mol. The third-order valence-corrected chi connectivity index (χ3v) is 3.20. The monoisotopic (exact) mass is 251 g/mol. The molecular formula is C13H21N3O2. The summed E-state index contributed by atoms with van der Waals surface area (Å²) in [6.07, 6.45) is 3.03. The summed E-state index contributed by atoms with van der Waals surface area (Å²) >= 11 is 0. The van der Waals surface area contributed by atoms with E-state index in [0.29, 0.717) is 12.2 Å². The van der Waals surface area contributed by atoms with Crippen LogP contribution < -0.4 is 11.3 Å². The summed E-state index contributed by atoms with van der Waals surface area (Å²) < 4.78 is 7.27. The van der Waals surface area contributed by atoms with E-state index in [1.807, 2.05) is 0 Å². The lowest BCUT2D eigenvalue weighted by Gasteiger charge is -2.22. The van der Waals surface area contributed by atoms with Crippen LogP contribution in [0, 0.1) is 0 Å². The van der Waals surface area contributed by atoms with Crippen LogP contribution in [-0.2, 0) is 11.3 Å². The molecule has 1 saturated heterocycles. The number of nitrogens with zero attached hydrogens (tertiary/aromatic N) is 2. The van der Waals surface area contributed by atoms with Gasteiger partial charge in [0.15, 0.2) is 0 Å². The van der Waals surface area contributed by atoms with Crippen molar-refractivity contribution in [3.63, 3.8) is 0 Å². The molecular weight excluding hydrogens is 230 g/mol. The molecule has 1 unspecified atom stereocenters. The van der Waals surface area contributed by atoms with E-state index >= 15 is 0 Å². The van der Waals surface area contributed by atoms with E-state index in [1.165, 1.54) is 6.07 Å². The van der Waals surface area contributed by atoms with E-state index in [0.717, 1.165) is 32.7 Å². The molecule has 0 spiro atoms. The number of aromatic nitrogens is 1. The highest BCUT2D eigenvalue weighted by Crippen LogP contribution is 2.05. The molecule has 5 nitrogen and oxygen atoms in total. The molecule has 1 fully saturated rings. The van der Waals surface area contributed by atoms with Gasteiger partial charge in [-0.25, -0.2) is 0 Å². The number of nitrogen functional groups attached to an aromatic ring is 1. The Kier molecular flexibility index (Phi) is 4.38. The first-order valence-corrected chi connectivity index (χ1v) is 6.45. The zero-order valence-corrected chi connectivity index (χ0v) is 10.8. The smallest absolute Gasteiger partial charge is 0.250 e. The minimum Gasteiger partial charge on any atom is -0.398 e. The van der Waals surface area contributed by atoms with Crippen molar-refractivity contribution in [1.29, 1.82) is 0 Å². The lowest BCUT2D eigenvalue weighted by atomic mass is 10.3. The van der Waals surface area contributed by atoms with Crippen LogP contribution in [0.4, 0.5) is 5.69 Å². The Balaban J connectivity index is 1.94. The lowest BCUT2D eigenvalue weighted by molar-refractivity contribution is 0.0673. The number of nitrogens with two attached hydrogens (primary N) is 1. The van der Waals surface area contributed by atoms with Crippen LogP contribution in [0.2, 0.25) is 0 Å². The first kappa shape index (κ1) is 13.1. The second-order valence-corrected chi connectivity index (χ2v) is 4.83. The van der Waals surface area contributed by atoms with Gasteiger partial charge in [-0.15, -0.1) is 0 Å². The highest BCUT2D eigenvalue weighted by Gasteiger charge is 2.14. The van der Waals surface area contributed by atoms with Crippen molar-refractivity contribution in [1.82, 2.24) is 9.47 Å². The molecule has 0 bridgehead atoms. The van der Waals surface area contributed by atoms with Gasteiger partial charge in [-0.3, -0.25) is 9.69 Å². The highest BCUT2D eigenvalue weighted by atomic mass is 16.5. The molecule has 0 aliphatic carbocycles. The van der Waals surface area contributed by atoms with Crippen LogP contribution in [-0.4, -0.2) is 41.8 Å². The van der Waals surface area contributed by atoms with Crippen LogP contribution in [0.1, 0.15) is 13.3 Å². The summed E-state index contributed by atoms with van der Waals surface area (Å²) in [5.74, 6) is 0. The molecule has 1 aromatic heterocycles. The fourth-order valence-electron chi connectivity index (χ4n) is 2.26. The summed E-state index contributed by atoms with van der Waals surface area (Å²) in [5.41, 5.74) is 6.32. The lowest BCUT2D eigenvalue weighted by Crippen LogP contribution is -2.34. The Morgan fingerprint density at radius 3 is 3.11 bits per heavy atom. The second-order valence-electron chi connectivity index (χ2n) is 4.83. The van der Waals surface area contributed by atoms with Gasteiger partial charge in [0.2, 0.25) is 0 Å². The van der Waals surface area contributed by atoms with Gasteiger partial charge in [0.05, 0.1) is 6.10 Å². The maximum atomic E-state index is 11.6. The molecule has 0 radical (unpaired) electrons. The second kappa shape index (κ2) is 6.02. The van der Waals surface area contributed by atoms with Crippen molar-refractivity contribution in [3.05, 3.63) is 28.7 Å². The standard InChI is InChI=1S/C13H21N3O2/c1-11-9-15(5-2-8-18-11)6-7-16-10-12(14)3-4-13(16)17/h3-4,10-11H,2,5-9,14H2,1H3. The number of hydrogen-bond donors (Lipinski definition) is 1. The molecule has 0 aromatic carbocycles. The maximum Gasteiger partial charge on any atom is 0.250 e. The summed E-state index contributed by atoms with van der Waals surface area (Å²) in [4.78, 5) is 14.0. The zero-order valence-electron chi connectivity index (χ0n) is 10.8. The summed E-state index contributed by atoms with van der Waals surface area (Å²) in [6, 6.07) is 3.16. The molecule has 100 valence electrons. The molecule has 5 heteroatoms. The topological polar surface area (TPSA) is 60.5 Å². The molecule has 2 rings (SSSR count). The number of anilines is 1. The molecule has 1 aromatic rings. The Labute approximate surface area is 107 Å². The van der Waals surface area contributed by atoms with Gasteiger partial charge < -0.3 is 15.0 Å². The Hall–Kier alpha value is -1.33. The quantitative estimate of drug-likeness (QED) is 0.852. The Bertz CT molecular complexity index is 444. The van der Waals surface area contributed by atoms with E-state index in [9.17, 15) is 4.79 Å². The van der Waals surface area contributed by atoms with Crippen molar-refractivity contribution < 1.29 is 4.74 Å². The number of ether oxygens (including phenoxy) is 1.